The fourth-order valence-electron chi connectivity index (χ4n) is 2.43. The molecule has 0 aliphatic heterocycles. The van der Waals surface area contributed by atoms with Crippen LogP contribution in [0.1, 0.15) is 65.0 Å². The largest absolute Gasteiger partial charge is 0.492 e. The molecule has 21 heavy (non-hydrogen) atoms. The van der Waals surface area contributed by atoms with Crippen molar-refractivity contribution in [3.8, 4) is 5.75 Å². The highest BCUT2D eigenvalue weighted by molar-refractivity contribution is 6.32. The van der Waals surface area contributed by atoms with E-state index < -0.39 is 0 Å². The second kappa shape index (κ2) is 10.1. The predicted molar refractivity (Wildman–Crippen MR) is 92.3 cm³/mol. The highest BCUT2D eigenvalue weighted by atomic mass is 35.5. The third kappa shape index (κ3) is 6.27. The van der Waals surface area contributed by atoms with E-state index in [1.807, 2.05) is 12.1 Å². The molecule has 1 rings (SSSR count). The van der Waals surface area contributed by atoms with E-state index in [1.54, 1.807) is 0 Å². The van der Waals surface area contributed by atoms with Gasteiger partial charge in [-0.25, -0.2) is 0 Å². The minimum atomic E-state index is 0.314. The maximum Gasteiger partial charge on any atom is 0.137 e. The van der Waals surface area contributed by atoms with Gasteiger partial charge < -0.3 is 10.1 Å². The number of ether oxygens (including phenoxy) is 1. The van der Waals surface area contributed by atoms with Crippen molar-refractivity contribution in [2.75, 3.05) is 13.2 Å². The lowest BCUT2D eigenvalue weighted by atomic mass is 10.0. The molecule has 0 heterocycles. The molecule has 1 aromatic rings. The second-order valence-corrected chi connectivity index (χ2v) is 6.10. The first-order valence-electron chi connectivity index (χ1n) is 8.27. The summed E-state index contributed by atoms with van der Waals surface area (Å²) in [5.74, 6) is 1.43. The first-order valence-corrected chi connectivity index (χ1v) is 8.65. The first-order chi connectivity index (χ1) is 10.1. The topological polar surface area (TPSA) is 21.3 Å². The Morgan fingerprint density at radius 3 is 2.57 bits per heavy atom. The standard InChI is InChI=1S/C18H30ClNO/c1-5-8-9-15(6-2)13-21-18-11-10-16(12-17(18)19)14(4)20-7-3/h10-12,14-15,20H,5-9,13H2,1-4H3. The van der Waals surface area contributed by atoms with Crippen molar-refractivity contribution in [1.82, 2.24) is 5.32 Å². The van der Waals surface area contributed by atoms with Gasteiger partial charge in [0.05, 0.1) is 11.6 Å². The van der Waals surface area contributed by atoms with Crippen molar-refractivity contribution in [2.24, 2.45) is 5.92 Å². The molecule has 0 saturated heterocycles. The molecule has 0 amide bonds. The molecule has 0 bridgehead atoms. The normalized spacial score (nSPS) is 14.0. The van der Waals surface area contributed by atoms with Crippen LogP contribution in [0.4, 0.5) is 0 Å². The summed E-state index contributed by atoms with van der Waals surface area (Å²) in [4.78, 5) is 0. The average molecular weight is 312 g/mol. The van der Waals surface area contributed by atoms with Crippen LogP contribution >= 0.6 is 11.6 Å². The second-order valence-electron chi connectivity index (χ2n) is 5.70. The lowest BCUT2D eigenvalue weighted by Crippen LogP contribution is -2.17. The van der Waals surface area contributed by atoms with Crippen LogP contribution in [-0.4, -0.2) is 13.2 Å². The lowest BCUT2D eigenvalue weighted by Gasteiger charge is -2.18. The van der Waals surface area contributed by atoms with Crippen molar-refractivity contribution < 1.29 is 4.74 Å². The number of rotatable bonds is 10. The van der Waals surface area contributed by atoms with E-state index in [2.05, 4.69) is 39.1 Å². The summed E-state index contributed by atoms with van der Waals surface area (Å²) >= 11 is 6.35. The molecular formula is C18H30ClNO. The Morgan fingerprint density at radius 2 is 2.00 bits per heavy atom. The summed E-state index contributed by atoms with van der Waals surface area (Å²) in [5, 5.41) is 4.10. The van der Waals surface area contributed by atoms with Crippen molar-refractivity contribution in [3.05, 3.63) is 28.8 Å². The Kier molecular flexibility index (Phi) is 8.79. The minimum Gasteiger partial charge on any atom is -0.492 e. The van der Waals surface area contributed by atoms with E-state index in [4.69, 9.17) is 16.3 Å². The van der Waals surface area contributed by atoms with Gasteiger partial charge in [-0.05, 0) is 43.5 Å². The van der Waals surface area contributed by atoms with Gasteiger partial charge in [-0.3, -0.25) is 0 Å². The molecule has 2 nitrogen and oxygen atoms in total. The quantitative estimate of drug-likeness (QED) is 0.606. The molecule has 3 heteroatoms. The number of nitrogens with one attached hydrogen (secondary N) is 1. The molecule has 0 radical (unpaired) electrons. The molecular weight excluding hydrogens is 282 g/mol. The lowest BCUT2D eigenvalue weighted by molar-refractivity contribution is 0.233. The average Bonchev–Trinajstić information content (AvgIpc) is 2.48. The van der Waals surface area contributed by atoms with Crippen LogP contribution in [0.25, 0.3) is 0 Å². The highest BCUT2D eigenvalue weighted by Gasteiger charge is 2.11. The van der Waals surface area contributed by atoms with E-state index in [1.165, 1.54) is 24.8 Å². The summed E-state index contributed by atoms with van der Waals surface area (Å²) in [6.45, 7) is 10.4. The fraction of sp³-hybridized carbons (Fsp3) is 0.667. The van der Waals surface area contributed by atoms with Gasteiger partial charge >= 0.3 is 0 Å². The van der Waals surface area contributed by atoms with Crippen LogP contribution in [0.3, 0.4) is 0 Å². The highest BCUT2D eigenvalue weighted by Crippen LogP contribution is 2.28. The Balaban J connectivity index is 2.59. The van der Waals surface area contributed by atoms with Crippen LogP contribution in [0.15, 0.2) is 18.2 Å². The van der Waals surface area contributed by atoms with E-state index >= 15 is 0 Å². The van der Waals surface area contributed by atoms with Crippen LogP contribution in [0, 0.1) is 5.92 Å². The number of hydrogen-bond acceptors (Lipinski definition) is 2. The third-order valence-electron chi connectivity index (χ3n) is 3.98. The van der Waals surface area contributed by atoms with Crippen LogP contribution in [0.2, 0.25) is 5.02 Å². The molecule has 0 aliphatic rings. The van der Waals surface area contributed by atoms with Crippen molar-refractivity contribution in [2.45, 2.75) is 59.4 Å². The van der Waals surface area contributed by atoms with E-state index in [0.717, 1.165) is 25.3 Å². The fourth-order valence-corrected chi connectivity index (χ4v) is 2.68. The van der Waals surface area contributed by atoms with Gasteiger partial charge in [0.1, 0.15) is 5.75 Å². The first kappa shape index (κ1) is 18.3. The summed E-state index contributed by atoms with van der Waals surface area (Å²) in [7, 11) is 0. The molecule has 1 aromatic carbocycles. The monoisotopic (exact) mass is 311 g/mol. The molecule has 1 N–H and O–H groups in total. The van der Waals surface area contributed by atoms with Crippen LogP contribution in [0.5, 0.6) is 5.75 Å². The van der Waals surface area contributed by atoms with Gasteiger partial charge in [-0.15, -0.1) is 0 Å². The van der Waals surface area contributed by atoms with E-state index in [0.29, 0.717) is 17.0 Å². The number of benzene rings is 1. The van der Waals surface area contributed by atoms with E-state index in [-0.39, 0.29) is 0 Å². The summed E-state index contributed by atoms with van der Waals surface area (Å²) in [5.41, 5.74) is 1.20. The Labute approximate surface area is 135 Å². The van der Waals surface area contributed by atoms with Gasteiger partial charge in [-0.1, -0.05) is 57.7 Å². The minimum absolute atomic E-state index is 0.314. The maximum absolute atomic E-state index is 6.35. The Hall–Kier alpha value is -0.730. The maximum atomic E-state index is 6.35. The Morgan fingerprint density at radius 1 is 1.24 bits per heavy atom. The van der Waals surface area contributed by atoms with Crippen molar-refractivity contribution in [3.63, 3.8) is 0 Å². The zero-order valence-electron chi connectivity index (χ0n) is 13.9. The van der Waals surface area contributed by atoms with Gasteiger partial charge in [0.25, 0.3) is 0 Å². The molecule has 0 spiro atoms. The number of unbranched alkanes of at least 4 members (excludes halogenated alkanes) is 1. The molecule has 120 valence electrons. The third-order valence-corrected chi connectivity index (χ3v) is 4.28. The smallest absolute Gasteiger partial charge is 0.137 e. The van der Waals surface area contributed by atoms with Gasteiger partial charge in [0.2, 0.25) is 0 Å². The molecule has 0 saturated carbocycles. The SMILES string of the molecule is CCCCC(CC)COc1ccc(C(C)NCC)cc1Cl. The molecule has 0 aliphatic carbocycles. The van der Waals surface area contributed by atoms with Gasteiger partial charge in [-0.2, -0.15) is 0 Å². The molecule has 0 aromatic heterocycles. The van der Waals surface area contributed by atoms with Crippen molar-refractivity contribution in [1.29, 1.82) is 0 Å². The summed E-state index contributed by atoms with van der Waals surface area (Å²) < 4.78 is 5.93. The summed E-state index contributed by atoms with van der Waals surface area (Å²) in [6, 6.07) is 6.42. The molecule has 2 unspecified atom stereocenters. The van der Waals surface area contributed by atoms with Gasteiger partial charge in [0, 0.05) is 6.04 Å². The zero-order valence-corrected chi connectivity index (χ0v) is 14.7. The number of halogens is 1. The molecule has 2 atom stereocenters. The summed E-state index contributed by atoms with van der Waals surface area (Å²) in [6.07, 6.45) is 4.91. The van der Waals surface area contributed by atoms with Crippen molar-refractivity contribution >= 4 is 11.6 Å². The van der Waals surface area contributed by atoms with Crippen LogP contribution < -0.4 is 10.1 Å². The van der Waals surface area contributed by atoms with Crippen LogP contribution in [-0.2, 0) is 0 Å². The predicted octanol–water partition coefficient (Wildman–Crippen LogP) is 5.61. The molecule has 0 fully saturated rings. The zero-order chi connectivity index (χ0) is 15.7. The number of hydrogen-bond donors (Lipinski definition) is 1. The Bertz CT molecular complexity index is 408. The van der Waals surface area contributed by atoms with Gasteiger partial charge in [0.15, 0.2) is 0 Å². The van der Waals surface area contributed by atoms with E-state index in [9.17, 15) is 0 Å².